The highest BCUT2D eigenvalue weighted by atomic mass is 19.1. The van der Waals surface area contributed by atoms with E-state index in [1.165, 1.54) is 25.1 Å². The van der Waals surface area contributed by atoms with Crippen LogP contribution >= 0.6 is 0 Å². The maximum atomic E-state index is 13.8. The number of rotatable bonds is 3. The first kappa shape index (κ1) is 14.6. The Morgan fingerprint density at radius 3 is 2.48 bits per heavy atom. The third-order valence-electron chi connectivity index (χ3n) is 2.90. The Hall–Kier alpha value is -2.76. The average Bonchev–Trinajstić information content (AvgIpc) is 2.43. The third-order valence-corrected chi connectivity index (χ3v) is 2.90. The van der Waals surface area contributed by atoms with Crippen molar-refractivity contribution in [1.82, 2.24) is 0 Å². The average molecular weight is 291 g/mol. The highest BCUT2D eigenvalue weighted by Gasteiger charge is 2.17. The Balaban J connectivity index is 2.36. The number of hydrogen-bond acceptors (Lipinski definition) is 2. The highest BCUT2D eigenvalue weighted by molar-refractivity contribution is 6.07. The summed E-state index contributed by atoms with van der Waals surface area (Å²) >= 11 is 0. The number of hydrogen-bond donors (Lipinski definition) is 2. The van der Waals surface area contributed by atoms with Gasteiger partial charge in [-0.2, -0.15) is 0 Å². The maximum absolute atomic E-state index is 13.8. The van der Waals surface area contributed by atoms with Crippen molar-refractivity contribution >= 4 is 17.6 Å². The smallest absolute Gasteiger partial charge is 0.337 e. The molecule has 0 fully saturated rings. The predicted octanol–water partition coefficient (Wildman–Crippen LogP) is 3.22. The standard InChI is InChI=1S/C15H11F2NO3/c1-8-3-2-4-10(13(8)17)14(19)18-12-6-5-9(16)7-11(12)15(20)21/h2-7H,1H3,(H,18,19)(H,20,21). The van der Waals surface area contributed by atoms with Crippen molar-refractivity contribution < 1.29 is 23.5 Å². The van der Waals surface area contributed by atoms with Crippen molar-refractivity contribution in [3.05, 3.63) is 64.7 Å². The minimum Gasteiger partial charge on any atom is -0.478 e. The van der Waals surface area contributed by atoms with Gasteiger partial charge in [0.1, 0.15) is 11.6 Å². The molecule has 108 valence electrons. The van der Waals surface area contributed by atoms with E-state index in [1.807, 2.05) is 0 Å². The number of carboxylic acid groups (broad SMARTS) is 1. The molecule has 0 heterocycles. The van der Waals surface area contributed by atoms with Gasteiger partial charge in [-0.3, -0.25) is 4.79 Å². The number of aromatic carboxylic acids is 1. The van der Waals surface area contributed by atoms with E-state index in [-0.39, 0.29) is 11.3 Å². The van der Waals surface area contributed by atoms with Gasteiger partial charge in [-0.1, -0.05) is 12.1 Å². The molecule has 0 radical (unpaired) electrons. The van der Waals surface area contributed by atoms with Crippen LogP contribution in [0.25, 0.3) is 0 Å². The maximum Gasteiger partial charge on any atom is 0.337 e. The number of nitrogens with one attached hydrogen (secondary N) is 1. The number of carboxylic acids is 1. The van der Waals surface area contributed by atoms with Crippen LogP contribution in [-0.2, 0) is 0 Å². The van der Waals surface area contributed by atoms with Gasteiger partial charge in [-0.25, -0.2) is 13.6 Å². The topological polar surface area (TPSA) is 66.4 Å². The minimum absolute atomic E-state index is 0.102. The molecule has 2 rings (SSSR count). The number of aryl methyl sites for hydroxylation is 1. The lowest BCUT2D eigenvalue weighted by atomic mass is 10.1. The van der Waals surface area contributed by atoms with Crippen LogP contribution in [0, 0.1) is 18.6 Å². The Bertz CT molecular complexity index is 729. The molecule has 0 saturated heterocycles. The second kappa shape index (κ2) is 5.70. The van der Waals surface area contributed by atoms with Crippen LogP contribution in [0.4, 0.5) is 14.5 Å². The van der Waals surface area contributed by atoms with Crippen LogP contribution in [0.15, 0.2) is 36.4 Å². The molecule has 6 heteroatoms. The Morgan fingerprint density at radius 2 is 1.81 bits per heavy atom. The second-order valence-corrected chi connectivity index (χ2v) is 4.39. The van der Waals surface area contributed by atoms with E-state index in [1.54, 1.807) is 0 Å². The van der Waals surface area contributed by atoms with E-state index in [2.05, 4.69) is 5.32 Å². The number of amides is 1. The van der Waals surface area contributed by atoms with Crippen molar-refractivity contribution in [2.24, 2.45) is 0 Å². The summed E-state index contributed by atoms with van der Waals surface area (Å²) in [6, 6.07) is 7.20. The number of anilines is 1. The Labute approximate surface area is 119 Å². The molecule has 2 N–H and O–H groups in total. The molecule has 4 nitrogen and oxygen atoms in total. The van der Waals surface area contributed by atoms with Crippen LogP contribution in [0.2, 0.25) is 0 Å². The monoisotopic (exact) mass is 291 g/mol. The lowest BCUT2D eigenvalue weighted by molar-refractivity contribution is 0.0697. The van der Waals surface area contributed by atoms with Crippen LogP contribution in [0.1, 0.15) is 26.3 Å². The van der Waals surface area contributed by atoms with Crippen molar-refractivity contribution in [3.63, 3.8) is 0 Å². The molecule has 0 atom stereocenters. The number of carbonyl (C=O) groups is 2. The van der Waals surface area contributed by atoms with Gasteiger partial charge in [0, 0.05) is 0 Å². The van der Waals surface area contributed by atoms with Crippen molar-refractivity contribution in [1.29, 1.82) is 0 Å². The molecule has 2 aromatic carbocycles. The molecule has 0 saturated carbocycles. The fourth-order valence-electron chi connectivity index (χ4n) is 1.81. The van der Waals surface area contributed by atoms with Crippen LogP contribution in [0.3, 0.4) is 0 Å². The van der Waals surface area contributed by atoms with E-state index >= 15 is 0 Å². The highest BCUT2D eigenvalue weighted by Crippen LogP contribution is 2.19. The van der Waals surface area contributed by atoms with Gasteiger partial charge in [-0.15, -0.1) is 0 Å². The van der Waals surface area contributed by atoms with Crippen molar-refractivity contribution in [3.8, 4) is 0 Å². The number of halogens is 2. The molecule has 0 aliphatic carbocycles. The largest absolute Gasteiger partial charge is 0.478 e. The molecule has 0 aliphatic heterocycles. The van der Waals surface area contributed by atoms with Crippen LogP contribution in [-0.4, -0.2) is 17.0 Å². The molecule has 0 bridgehead atoms. The lowest BCUT2D eigenvalue weighted by Crippen LogP contribution is -2.16. The summed E-state index contributed by atoms with van der Waals surface area (Å²) in [4.78, 5) is 23.0. The van der Waals surface area contributed by atoms with E-state index in [4.69, 9.17) is 5.11 Å². The summed E-state index contributed by atoms with van der Waals surface area (Å²) < 4.78 is 26.9. The molecule has 2 aromatic rings. The van der Waals surface area contributed by atoms with Gasteiger partial charge in [0.25, 0.3) is 5.91 Å². The SMILES string of the molecule is Cc1cccc(C(=O)Nc2ccc(F)cc2C(=O)O)c1F. The first-order valence-electron chi connectivity index (χ1n) is 5.99. The molecule has 21 heavy (non-hydrogen) atoms. The lowest BCUT2D eigenvalue weighted by Gasteiger charge is -2.10. The Kier molecular flexibility index (Phi) is 3.98. The molecular formula is C15H11F2NO3. The minimum atomic E-state index is -1.39. The normalized spacial score (nSPS) is 10.2. The van der Waals surface area contributed by atoms with Crippen LogP contribution in [0.5, 0.6) is 0 Å². The molecule has 0 unspecified atom stereocenters. The number of carbonyl (C=O) groups excluding carboxylic acids is 1. The van der Waals surface area contributed by atoms with Gasteiger partial charge < -0.3 is 10.4 Å². The Morgan fingerprint density at radius 1 is 1.10 bits per heavy atom. The van der Waals surface area contributed by atoms with Gasteiger partial charge >= 0.3 is 5.97 Å². The second-order valence-electron chi connectivity index (χ2n) is 4.39. The summed E-state index contributed by atoms with van der Waals surface area (Å²) in [5.41, 5.74) is -0.429. The summed E-state index contributed by atoms with van der Waals surface area (Å²) in [6.07, 6.45) is 0. The summed E-state index contributed by atoms with van der Waals surface area (Å²) in [5, 5.41) is 11.3. The molecular weight excluding hydrogens is 280 g/mol. The first-order valence-corrected chi connectivity index (χ1v) is 5.99. The fraction of sp³-hybridized carbons (Fsp3) is 0.0667. The van der Waals surface area contributed by atoms with Gasteiger partial charge in [0.15, 0.2) is 0 Å². The van der Waals surface area contributed by atoms with Gasteiger partial charge in [0.2, 0.25) is 0 Å². The van der Waals surface area contributed by atoms with E-state index in [9.17, 15) is 18.4 Å². The quantitative estimate of drug-likeness (QED) is 0.912. The zero-order valence-corrected chi connectivity index (χ0v) is 11.0. The van der Waals surface area contributed by atoms with E-state index in [0.717, 1.165) is 18.2 Å². The zero-order chi connectivity index (χ0) is 15.6. The zero-order valence-electron chi connectivity index (χ0n) is 11.0. The van der Waals surface area contributed by atoms with Gasteiger partial charge in [-0.05, 0) is 36.8 Å². The summed E-state index contributed by atoms with van der Waals surface area (Å²) in [6.45, 7) is 1.51. The summed E-state index contributed by atoms with van der Waals surface area (Å²) in [5.74, 6) is -3.62. The van der Waals surface area contributed by atoms with Crippen molar-refractivity contribution in [2.45, 2.75) is 6.92 Å². The van der Waals surface area contributed by atoms with E-state index in [0.29, 0.717) is 5.56 Å². The predicted molar refractivity (Wildman–Crippen MR) is 72.4 cm³/mol. The summed E-state index contributed by atoms with van der Waals surface area (Å²) in [7, 11) is 0. The first-order chi connectivity index (χ1) is 9.90. The number of benzene rings is 2. The molecule has 1 amide bonds. The fourth-order valence-corrected chi connectivity index (χ4v) is 1.81. The van der Waals surface area contributed by atoms with E-state index < -0.39 is 29.1 Å². The molecule has 0 aromatic heterocycles. The van der Waals surface area contributed by atoms with Crippen LogP contribution < -0.4 is 5.32 Å². The molecule has 0 aliphatic rings. The molecule has 0 spiro atoms. The van der Waals surface area contributed by atoms with Gasteiger partial charge in [0.05, 0.1) is 16.8 Å². The van der Waals surface area contributed by atoms with Crippen molar-refractivity contribution in [2.75, 3.05) is 5.32 Å². The third kappa shape index (κ3) is 3.05.